The van der Waals surface area contributed by atoms with E-state index in [1.165, 1.54) is 6.26 Å². The SMILES string of the molecule is Cc1cnc(CN(C)C2CCN(CCCS(C)(=O)=O)C2)o1. The highest BCUT2D eigenvalue weighted by Gasteiger charge is 2.26. The lowest BCUT2D eigenvalue weighted by Crippen LogP contribution is -2.34. The summed E-state index contributed by atoms with van der Waals surface area (Å²) in [5.74, 6) is 1.87. The molecule has 0 radical (unpaired) electrons. The molecule has 0 N–H and O–H groups in total. The van der Waals surface area contributed by atoms with Gasteiger partial charge >= 0.3 is 0 Å². The molecule has 1 aromatic heterocycles. The molecule has 6 nitrogen and oxygen atoms in total. The van der Waals surface area contributed by atoms with Crippen molar-refractivity contribution >= 4 is 9.84 Å². The Morgan fingerprint density at radius 3 is 2.90 bits per heavy atom. The Morgan fingerprint density at radius 2 is 2.29 bits per heavy atom. The van der Waals surface area contributed by atoms with Crippen molar-refractivity contribution in [2.24, 2.45) is 0 Å². The lowest BCUT2D eigenvalue weighted by molar-refractivity contribution is 0.206. The summed E-state index contributed by atoms with van der Waals surface area (Å²) >= 11 is 0. The lowest BCUT2D eigenvalue weighted by Gasteiger charge is -2.23. The van der Waals surface area contributed by atoms with Crippen LogP contribution in [0.4, 0.5) is 0 Å². The van der Waals surface area contributed by atoms with E-state index in [2.05, 4.69) is 21.8 Å². The van der Waals surface area contributed by atoms with Crippen molar-refractivity contribution in [2.75, 3.05) is 38.7 Å². The molecule has 7 heteroatoms. The molecule has 0 amide bonds. The van der Waals surface area contributed by atoms with Crippen molar-refractivity contribution in [1.29, 1.82) is 0 Å². The van der Waals surface area contributed by atoms with Gasteiger partial charge in [-0.15, -0.1) is 0 Å². The summed E-state index contributed by atoms with van der Waals surface area (Å²) in [4.78, 5) is 8.84. The average Bonchev–Trinajstić information content (AvgIpc) is 2.97. The number of aryl methyl sites for hydroxylation is 1. The van der Waals surface area contributed by atoms with Gasteiger partial charge in [-0.25, -0.2) is 13.4 Å². The summed E-state index contributed by atoms with van der Waals surface area (Å²) in [5.41, 5.74) is 0. The van der Waals surface area contributed by atoms with Crippen LogP contribution >= 0.6 is 0 Å². The highest BCUT2D eigenvalue weighted by molar-refractivity contribution is 7.90. The Balaban J connectivity index is 1.74. The number of rotatable bonds is 7. The Hall–Kier alpha value is -0.920. The molecule has 0 aromatic carbocycles. The second-order valence-corrected chi connectivity index (χ2v) is 8.27. The molecule has 0 saturated carbocycles. The van der Waals surface area contributed by atoms with Gasteiger partial charge < -0.3 is 9.32 Å². The van der Waals surface area contributed by atoms with Gasteiger partial charge in [-0.2, -0.15) is 0 Å². The minimum atomic E-state index is -2.84. The number of sulfone groups is 1. The number of likely N-dealkylation sites (tertiary alicyclic amines) is 1. The minimum Gasteiger partial charge on any atom is -0.445 e. The molecule has 2 rings (SSSR count). The van der Waals surface area contributed by atoms with Gasteiger partial charge in [0.15, 0.2) is 0 Å². The van der Waals surface area contributed by atoms with Crippen molar-refractivity contribution in [3.8, 4) is 0 Å². The number of likely N-dealkylation sites (N-methyl/N-ethyl adjacent to an activating group) is 1. The van der Waals surface area contributed by atoms with Crippen molar-refractivity contribution < 1.29 is 12.8 Å². The van der Waals surface area contributed by atoms with E-state index in [1.807, 2.05) is 6.92 Å². The Kier molecular flexibility index (Phi) is 5.40. The van der Waals surface area contributed by atoms with Crippen LogP contribution in [0, 0.1) is 6.92 Å². The first-order valence-corrected chi connectivity index (χ1v) is 9.41. The van der Waals surface area contributed by atoms with Crippen LogP contribution in [-0.2, 0) is 16.4 Å². The fraction of sp³-hybridized carbons (Fsp3) is 0.786. The van der Waals surface area contributed by atoms with Gasteiger partial charge in [0.1, 0.15) is 15.6 Å². The summed E-state index contributed by atoms with van der Waals surface area (Å²) in [5, 5.41) is 0. The topological polar surface area (TPSA) is 66.7 Å². The lowest BCUT2D eigenvalue weighted by atomic mass is 10.2. The van der Waals surface area contributed by atoms with Crippen LogP contribution < -0.4 is 0 Å². The molecule has 1 fully saturated rings. The maximum atomic E-state index is 11.1. The van der Waals surface area contributed by atoms with Gasteiger partial charge in [0, 0.05) is 18.8 Å². The van der Waals surface area contributed by atoms with Crippen molar-refractivity contribution in [2.45, 2.75) is 32.4 Å². The smallest absolute Gasteiger partial charge is 0.208 e. The van der Waals surface area contributed by atoms with Gasteiger partial charge in [0.25, 0.3) is 0 Å². The molecule has 1 unspecified atom stereocenters. The van der Waals surface area contributed by atoms with E-state index in [0.717, 1.165) is 44.3 Å². The summed E-state index contributed by atoms with van der Waals surface area (Å²) in [7, 11) is -0.754. The quantitative estimate of drug-likeness (QED) is 0.745. The van der Waals surface area contributed by atoms with Crippen LogP contribution in [-0.4, -0.2) is 67.9 Å². The molecule has 0 spiro atoms. The van der Waals surface area contributed by atoms with Gasteiger partial charge in [0.2, 0.25) is 5.89 Å². The fourth-order valence-corrected chi connectivity index (χ4v) is 3.40. The monoisotopic (exact) mass is 315 g/mol. The molecule has 21 heavy (non-hydrogen) atoms. The van der Waals surface area contributed by atoms with Gasteiger partial charge in [-0.05, 0) is 39.9 Å². The number of hydrogen-bond acceptors (Lipinski definition) is 6. The molecule has 1 aliphatic rings. The fourth-order valence-electron chi connectivity index (χ4n) is 2.74. The highest BCUT2D eigenvalue weighted by atomic mass is 32.2. The molecule has 120 valence electrons. The van der Waals surface area contributed by atoms with Gasteiger partial charge in [-0.3, -0.25) is 4.90 Å². The van der Waals surface area contributed by atoms with E-state index < -0.39 is 9.84 Å². The molecule has 1 atom stereocenters. The third kappa shape index (κ3) is 5.41. The summed E-state index contributed by atoms with van der Waals surface area (Å²) < 4.78 is 27.8. The summed E-state index contributed by atoms with van der Waals surface area (Å²) in [6.45, 7) is 5.49. The minimum absolute atomic E-state index is 0.277. The van der Waals surface area contributed by atoms with Crippen LogP contribution in [0.1, 0.15) is 24.5 Å². The number of aromatic nitrogens is 1. The highest BCUT2D eigenvalue weighted by Crippen LogP contribution is 2.17. The molecular formula is C14H25N3O3S. The molecular weight excluding hydrogens is 290 g/mol. The first kappa shape index (κ1) is 16.5. The summed E-state index contributed by atoms with van der Waals surface area (Å²) in [6, 6.07) is 0.482. The first-order valence-electron chi connectivity index (χ1n) is 7.35. The third-order valence-electron chi connectivity index (χ3n) is 3.91. The second-order valence-electron chi connectivity index (χ2n) is 6.01. The van der Waals surface area contributed by atoms with Crippen LogP contribution in [0.3, 0.4) is 0 Å². The third-order valence-corrected chi connectivity index (χ3v) is 4.94. The Labute approximate surface area is 127 Å². The normalized spacial score (nSPS) is 20.5. The van der Waals surface area contributed by atoms with Crippen molar-refractivity contribution in [1.82, 2.24) is 14.8 Å². The number of oxazole rings is 1. The average molecular weight is 315 g/mol. The van der Waals surface area contributed by atoms with Crippen molar-refractivity contribution in [3.63, 3.8) is 0 Å². The van der Waals surface area contributed by atoms with E-state index in [-0.39, 0.29) is 5.75 Å². The first-order chi connectivity index (χ1) is 9.83. The van der Waals surface area contributed by atoms with E-state index in [1.54, 1.807) is 6.20 Å². The van der Waals surface area contributed by atoms with Gasteiger partial charge in [-0.1, -0.05) is 0 Å². The maximum Gasteiger partial charge on any atom is 0.208 e. The van der Waals surface area contributed by atoms with Crippen molar-refractivity contribution in [3.05, 3.63) is 17.8 Å². The van der Waals surface area contributed by atoms with Gasteiger partial charge in [0.05, 0.1) is 18.5 Å². The maximum absolute atomic E-state index is 11.1. The zero-order valence-corrected chi connectivity index (χ0v) is 13.9. The van der Waals surface area contributed by atoms with E-state index in [0.29, 0.717) is 12.5 Å². The van der Waals surface area contributed by atoms with E-state index in [4.69, 9.17) is 4.42 Å². The Bertz CT molecular complexity index is 556. The molecule has 1 aromatic rings. The number of nitrogens with zero attached hydrogens (tertiary/aromatic N) is 3. The standard InChI is InChI=1S/C14H25N3O3S/c1-12-9-15-14(20-12)11-16(2)13-5-7-17(10-13)6-4-8-21(3,18)19/h9,13H,4-8,10-11H2,1-3H3. The van der Waals surface area contributed by atoms with E-state index in [9.17, 15) is 8.42 Å². The largest absolute Gasteiger partial charge is 0.445 e. The zero-order chi connectivity index (χ0) is 15.5. The Morgan fingerprint density at radius 1 is 1.52 bits per heavy atom. The van der Waals surface area contributed by atoms with Crippen LogP contribution in [0.5, 0.6) is 0 Å². The van der Waals surface area contributed by atoms with Crippen LogP contribution in [0.2, 0.25) is 0 Å². The summed E-state index contributed by atoms with van der Waals surface area (Å²) in [6.07, 6.45) is 4.87. The molecule has 0 aliphatic carbocycles. The predicted octanol–water partition coefficient (Wildman–Crippen LogP) is 0.924. The van der Waals surface area contributed by atoms with E-state index >= 15 is 0 Å². The zero-order valence-electron chi connectivity index (χ0n) is 13.1. The molecule has 1 saturated heterocycles. The van der Waals surface area contributed by atoms with Crippen LogP contribution in [0.25, 0.3) is 0 Å². The predicted molar refractivity (Wildman–Crippen MR) is 81.9 cm³/mol. The number of hydrogen-bond donors (Lipinski definition) is 0. The second kappa shape index (κ2) is 6.89. The molecule has 0 bridgehead atoms. The van der Waals surface area contributed by atoms with Crippen LogP contribution in [0.15, 0.2) is 10.6 Å². The molecule has 2 heterocycles. The molecule has 1 aliphatic heterocycles.